The lowest BCUT2D eigenvalue weighted by molar-refractivity contribution is 0.141. The van der Waals surface area contributed by atoms with Crippen LogP contribution in [-0.4, -0.2) is 19.8 Å². The molecule has 0 saturated heterocycles. The van der Waals surface area contributed by atoms with Crippen molar-refractivity contribution in [2.75, 3.05) is 19.8 Å². The third-order valence-electron chi connectivity index (χ3n) is 1.41. The Morgan fingerprint density at radius 1 is 0.700 bits per heavy atom. The molecule has 0 amide bonds. The van der Waals surface area contributed by atoms with E-state index in [2.05, 4.69) is 0 Å². The van der Waals surface area contributed by atoms with Gasteiger partial charge in [-0.05, 0) is 18.2 Å². The Bertz CT molecular complexity index is 362. The van der Waals surface area contributed by atoms with Crippen LogP contribution in [0.4, 0.5) is 0 Å². The fourth-order valence-electron chi connectivity index (χ4n) is 0.686. The van der Waals surface area contributed by atoms with E-state index in [9.17, 15) is 4.57 Å². The molecule has 0 bridgehead atoms. The lowest BCUT2D eigenvalue weighted by atomic mass is 10.7. The normalized spacial score (nSPS) is 10.9. The van der Waals surface area contributed by atoms with Crippen LogP contribution in [0.2, 0.25) is 0 Å². The Morgan fingerprint density at radius 3 is 1.15 bits per heavy atom. The molecule has 0 aliphatic rings. The van der Waals surface area contributed by atoms with Crippen molar-refractivity contribution in [1.82, 2.24) is 0 Å². The molecule has 0 heterocycles. The standard InChI is InChI=1S/C9H9Cl6O4P/c10-7(11)1-4-17-20(16,18-5-2-8(12)13)19-6-3-9(14)15/h1-3H,4-6H2. The first-order valence-corrected chi connectivity index (χ1v) is 8.55. The summed E-state index contributed by atoms with van der Waals surface area (Å²) in [5, 5.41) is 0. The number of hydrogen-bond donors (Lipinski definition) is 0. The molecule has 20 heavy (non-hydrogen) atoms. The summed E-state index contributed by atoms with van der Waals surface area (Å²) in [4.78, 5) is 0. The van der Waals surface area contributed by atoms with Crippen LogP contribution < -0.4 is 0 Å². The Hall–Kier alpha value is 1.07. The molecule has 4 nitrogen and oxygen atoms in total. The van der Waals surface area contributed by atoms with Gasteiger partial charge in [-0.1, -0.05) is 69.6 Å². The number of phosphoric ester groups is 1. The van der Waals surface area contributed by atoms with Crippen LogP contribution in [0.1, 0.15) is 0 Å². The Balaban J connectivity index is 4.57. The molecule has 0 fully saturated rings. The second-order valence-corrected chi connectivity index (χ2v) is 7.51. The van der Waals surface area contributed by atoms with E-state index in [-0.39, 0.29) is 33.3 Å². The van der Waals surface area contributed by atoms with E-state index in [0.717, 1.165) is 0 Å². The molecule has 0 aliphatic heterocycles. The molecule has 0 N–H and O–H groups in total. The third-order valence-corrected chi connectivity index (χ3v) is 3.73. The summed E-state index contributed by atoms with van der Waals surface area (Å²) in [5.74, 6) is 0. The van der Waals surface area contributed by atoms with Crippen LogP contribution in [0.15, 0.2) is 31.7 Å². The second-order valence-electron chi connectivity index (χ2n) is 2.82. The van der Waals surface area contributed by atoms with Crippen molar-refractivity contribution in [3.05, 3.63) is 31.7 Å². The first-order valence-electron chi connectivity index (χ1n) is 4.82. The highest BCUT2D eigenvalue weighted by molar-refractivity contribution is 7.48. The molecule has 0 aromatic heterocycles. The summed E-state index contributed by atoms with van der Waals surface area (Å²) in [7, 11) is -3.87. The highest BCUT2D eigenvalue weighted by Crippen LogP contribution is 2.49. The molecule has 0 aromatic carbocycles. The van der Waals surface area contributed by atoms with Crippen LogP contribution in [0.5, 0.6) is 0 Å². The van der Waals surface area contributed by atoms with Crippen LogP contribution in [-0.2, 0) is 18.1 Å². The van der Waals surface area contributed by atoms with Gasteiger partial charge in [-0.15, -0.1) is 0 Å². The van der Waals surface area contributed by atoms with E-state index in [0.29, 0.717) is 0 Å². The smallest absolute Gasteiger partial charge is 0.283 e. The zero-order valence-corrected chi connectivity index (χ0v) is 15.1. The quantitative estimate of drug-likeness (QED) is 0.419. The summed E-state index contributed by atoms with van der Waals surface area (Å²) in [6, 6.07) is 0. The van der Waals surface area contributed by atoms with Crippen molar-refractivity contribution in [2.24, 2.45) is 0 Å². The van der Waals surface area contributed by atoms with Crippen LogP contribution >= 0.6 is 77.4 Å². The van der Waals surface area contributed by atoms with E-state index in [4.69, 9.17) is 83.2 Å². The Kier molecular flexibility index (Phi) is 12.2. The van der Waals surface area contributed by atoms with Crippen molar-refractivity contribution in [2.45, 2.75) is 0 Å². The maximum Gasteiger partial charge on any atom is 0.475 e. The SMILES string of the molecule is O=P(OCC=C(Cl)Cl)(OCC=C(Cl)Cl)OCC=C(Cl)Cl. The molecule has 0 rings (SSSR count). The lowest BCUT2D eigenvalue weighted by Crippen LogP contribution is -2.01. The van der Waals surface area contributed by atoms with Gasteiger partial charge < -0.3 is 0 Å². The van der Waals surface area contributed by atoms with Gasteiger partial charge in [0.15, 0.2) is 0 Å². The average Bonchev–Trinajstić information content (AvgIpc) is 2.27. The van der Waals surface area contributed by atoms with Gasteiger partial charge in [0.05, 0.1) is 19.8 Å². The lowest BCUT2D eigenvalue weighted by Gasteiger charge is -2.15. The fourth-order valence-corrected chi connectivity index (χ4v) is 2.06. The van der Waals surface area contributed by atoms with E-state index in [1.807, 2.05) is 0 Å². The molecule has 0 unspecified atom stereocenters. The minimum atomic E-state index is -3.87. The minimum Gasteiger partial charge on any atom is -0.283 e. The second kappa shape index (κ2) is 11.6. The topological polar surface area (TPSA) is 44.8 Å². The molecular formula is C9H9Cl6O4P. The van der Waals surface area contributed by atoms with Crippen molar-refractivity contribution in [1.29, 1.82) is 0 Å². The molecule has 0 aliphatic carbocycles. The first kappa shape index (κ1) is 21.1. The van der Waals surface area contributed by atoms with Gasteiger partial charge in [0.1, 0.15) is 13.5 Å². The molecule has 0 saturated carbocycles. The molecule has 116 valence electrons. The zero-order valence-electron chi connectivity index (χ0n) is 9.70. The molecule has 0 atom stereocenters. The Morgan fingerprint density at radius 2 is 0.950 bits per heavy atom. The van der Waals surface area contributed by atoms with E-state index < -0.39 is 7.82 Å². The molecule has 0 aromatic rings. The monoisotopic (exact) mass is 422 g/mol. The largest absolute Gasteiger partial charge is 0.475 e. The maximum atomic E-state index is 12.1. The molecule has 0 spiro atoms. The highest BCUT2D eigenvalue weighted by atomic mass is 35.5. The van der Waals surface area contributed by atoms with Crippen molar-refractivity contribution >= 4 is 77.4 Å². The van der Waals surface area contributed by atoms with Gasteiger partial charge in [0.2, 0.25) is 0 Å². The molecule has 11 heteroatoms. The van der Waals surface area contributed by atoms with Gasteiger partial charge >= 0.3 is 7.82 Å². The number of phosphoric acid groups is 1. The first-order chi connectivity index (χ1) is 9.25. The summed E-state index contributed by atoms with van der Waals surface area (Å²) < 4.78 is 26.8. The predicted molar refractivity (Wildman–Crippen MR) is 84.8 cm³/mol. The van der Waals surface area contributed by atoms with E-state index in [1.165, 1.54) is 18.2 Å². The number of rotatable bonds is 9. The van der Waals surface area contributed by atoms with Gasteiger partial charge in [-0.25, -0.2) is 4.57 Å². The zero-order chi connectivity index (χ0) is 15.6. The summed E-state index contributed by atoms with van der Waals surface area (Å²) in [6.45, 7) is -0.553. The van der Waals surface area contributed by atoms with Gasteiger partial charge in [-0.2, -0.15) is 0 Å². The van der Waals surface area contributed by atoms with Crippen LogP contribution in [0.25, 0.3) is 0 Å². The minimum absolute atomic E-state index is 0.0519. The molecular weight excluding hydrogens is 416 g/mol. The Labute approximate surface area is 146 Å². The number of hydrogen-bond acceptors (Lipinski definition) is 4. The van der Waals surface area contributed by atoms with Gasteiger partial charge in [0.25, 0.3) is 0 Å². The van der Waals surface area contributed by atoms with Crippen LogP contribution in [0, 0.1) is 0 Å². The number of halogens is 6. The maximum absolute atomic E-state index is 12.1. The van der Waals surface area contributed by atoms with E-state index >= 15 is 0 Å². The van der Waals surface area contributed by atoms with Gasteiger partial charge in [-0.3, -0.25) is 13.6 Å². The van der Waals surface area contributed by atoms with Crippen molar-refractivity contribution in [3.63, 3.8) is 0 Å². The third kappa shape index (κ3) is 12.8. The van der Waals surface area contributed by atoms with Crippen LogP contribution in [0.3, 0.4) is 0 Å². The summed E-state index contributed by atoms with van der Waals surface area (Å²) >= 11 is 32.3. The summed E-state index contributed by atoms with van der Waals surface area (Å²) in [5.41, 5.74) is 0. The van der Waals surface area contributed by atoms with Gasteiger partial charge in [0, 0.05) is 0 Å². The molecule has 0 radical (unpaired) electrons. The highest BCUT2D eigenvalue weighted by Gasteiger charge is 2.25. The fraction of sp³-hybridized carbons (Fsp3) is 0.333. The average molecular weight is 425 g/mol. The van der Waals surface area contributed by atoms with Crippen molar-refractivity contribution in [3.8, 4) is 0 Å². The van der Waals surface area contributed by atoms with Crippen molar-refractivity contribution < 1.29 is 18.1 Å². The summed E-state index contributed by atoms with van der Waals surface area (Å²) in [6.07, 6.45) is 3.78. The predicted octanol–water partition coefficient (Wildman–Crippen LogP) is 6.10. The van der Waals surface area contributed by atoms with E-state index in [1.54, 1.807) is 0 Å².